The molecule has 1 unspecified atom stereocenters. The summed E-state index contributed by atoms with van der Waals surface area (Å²) in [6.45, 7) is 4.55. The first-order valence-electron chi connectivity index (χ1n) is 4.89. The van der Waals surface area contributed by atoms with Crippen LogP contribution in [0.3, 0.4) is 0 Å². The largest absolute Gasteiger partial charge is 0.378 e. The van der Waals surface area contributed by atoms with E-state index in [0.717, 1.165) is 29.8 Å². The fourth-order valence-electron chi connectivity index (χ4n) is 1.78. The number of hydrogen-bond acceptors (Lipinski definition) is 3. The molecular formula is C11H16N2O. The SMILES string of the molecule is CCC1CC(C)=NC(COC)=C1C#N. The maximum absolute atomic E-state index is 9.04. The number of methoxy groups -OCH3 is 1. The Hall–Kier alpha value is -1.14. The van der Waals surface area contributed by atoms with Gasteiger partial charge in [0.2, 0.25) is 0 Å². The molecule has 0 spiro atoms. The molecule has 0 aromatic heterocycles. The van der Waals surface area contributed by atoms with Crippen molar-refractivity contribution in [3.63, 3.8) is 0 Å². The van der Waals surface area contributed by atoms with Crippen molar-refractivity contribution in [3.8, 4) is 6.07 Å². The Bertz CT molecular complexity index is 310. The normalized spacial score (nSPS) is 21.9. The van der Waals surface area contributed by atoms with Crippen molar-refractivity contribution in [2.75, 3.05) is 13.7 Å². The molecule has 0 radical (unpaired) electrons. The molecule has 0 amide bonds. The molecule has 1 atom stereocenters. The van der Waals surface area contributed by atoms with E-state index in [2.05, 4.69) is 18.0 Å². The van der Waals surface area contributed by atoms with Crippen molar-refractivity contribution < 1.29 is 4.74 Å². The molecular weight excluding hydrogens is 176 g/mol. The number of nitriles is 1. The fourth-order valence-corrected chi connectivity index (χ4v) is 1.78. The zero-order valence-corrected chi connectivity index (χ0v) is 9.00. The monoisotopic (exact) mass is 192 g/mol. The minimum Gasteiger partial charge on any atom is -0.378 e. The predicted octanol–water partition coefficient (Wildman–Crippen LogP) is 2.30. The number of allylic oxidation sites excluding steroid dienone is 1. The molecule has 1 aliphatic heterocycles. The lowest BCUT2D eigenvalue weighted by atomic mass is 9.88. The topological polar surface area (TPSA) is 45.4 Å². The summed E-state index contributed by atoms with van der Waals surface area (Å²) in [6.07, 6.45) is 1.90. The molecule has 0 bridgehead atoms. The smallest absolute Gasteiger partial charge is 0.0970 e. The maximum Gasteiger partial charge on any atom is 0.0970 e. The standard InChI is InChI=1S/C11H16N2O/c1-4-9-5-8(2)13-11(7-14-3)10(9)6-12/h9H,4-5,7H2,1-3H3. The maximum atomic E-state index is 9.04. The molecule has 0 N–H and O–H groups in total. The van der Waals surface area contributed by atoms with Crippen molar-refractivity contribution in [2.24, 2.45) is 10.9 Å². The minimum absolute atomic E-state index is 0.336. The van der Waals surface area contributed by atoms with E-state index in [4.69, 9.17) is 10.00 Å². The summed E-state index contributed by atoms with van der Waals surface area (Å²) in [5.41, 5.74) is 2.72. The second-order valence-corrected chi connectivity index (χ2v) is 3.56. The summed E-state index contributed by atoms with van der Waals surface area (Å²) >= 11 is 0. The molecule has 0 fully saturated rings. The van der Waals surface area contributed by atoms with Gasteiger partial charge in [-0.1, -0.05) is 6.92 Å². The van der Waals surface area contributed by atoms with E-state index in [9.17, 15) is 0 Å². The highest BCUT2D eigenvalue weighted by molar-refractivity contribution is 5.85. The molecule has 0 aromatic carbocycles. The van der Waals surface area contributed by atoms with Crippen LogP contribution in [0.2, 0.25) is 0 Å². The number of ether oxygens (including phenoxy) is 1. The first-order chi connectivity index (χ1) is 6.72. The predicted molar refractivity (Wildman–Crippen MR) is 56.0 cm³/mol. The minimum atomic E-state index is 0.336. The Morgan fingerprint density at radius 1 is 1.64 bits per heavy atom. The Morgan fingerprint density at radius 2 is 2.36 bits per heavy atom. The third kappa shape index (κ3) is 2.21. The Balaban J connectivity index is 3.01. The zero-order chi connectivity index (χ0) is 10.6. The van der Waals surface area contributed by atoms with Gasteiger partial charge in [0.05, 0.1) is 23.9 Å². The van der Waals surface area contributed by atoms with Crippen molar-refractivity contribution in [1.82, 2.24) is 0 Å². The highest BCUT2D eigenvalue weighted by Gasteiger charge is 2.22. The van der Waals surface area contributed by atoms with E-state index in [1.54, 1.807) is 7.11 Å². The summed E-state index contributed by atoms with van der Waals surface area (Å²) in [6, 6.07) is 2.25. The van der Waals surface area contributed by atoms with E-state index in [0.29, 0.717) is 12.5 Å². The lowest BCUT2D eigenvalue weighted by Gasteiger charge is -2.21. The van der Waals surface area contributed by atoms with Gasteiger partial charge in [-0.25, -0.2) is 0 Å². The van der Waals surface area contributed by atoms with Crippen molar-refractivity contribution in [2.45, 2.75) is 26.7 Å². The quantitative estimate of drug-likeness (QED) is 0.688. The van der Waals surface area contributed by atoms with E-state index < -0.39 is 0 Å². The molecule has 3 heteroatoms. The molecule has 0 saturated heterocycles. The van der Waals surface area contributed by atoms with Crippen LogP contribution in [-0.2, 0) is 4.74 Å². The molecule has 76 valence electrons. The second-order valence-electron chi connectivity index (χ2n) is 3.56. The number of rotatable bonds is 3. The van der Waals surface area contributed by atoms with Crippen LogP contribution >= 0.6 is 0 Å². The van der Waals surface area contributed by atoms with Crippen LogP contribution in [0.1, 0.15) is 26.7 Å². The van der Waals surface area contributed by atoms with Gasteiger partial charge in [0.1, 0.15) is 0 Å². The van der Waals surface area contributed by atoms with Crippen LogP contribution in [-0.4, -0.2) is 19.4 Å². The fraction of sp³-hybridized carbons (Fsp3) is 0.636. The molecule has 0 aliphatic carbocycles. The molecule has 1 aliphatic rings. The summed E-state index contributed by atoms with van der Waals surface area (Å²) < 4.78 is 5.04. The third-order valence-corrected chi connectivity index (χ3v) is 2.48. The van der Waals surface area contributed by atoms with Crippen LogP contribution in [0.5, 0.6) is 0 Å². The Morgan fingerprint density at radius 3 is 2.86 bits per heavy atom. The van der Waals surface area contributed by atoms with E-state index in [-0.39, 0.29) is 0 Å². The van der Waals surface area contributed by atoms with Crippen LogP contribution < -0.4 is 0 Å². The van der Waals surface area contributed by atoms with Crippen LogP contribution in [0, 0.1) is 17.2 Å². The molecule has 3 nitrogen and oxygen atoms in total. The summed E-state index contributed by atoms with van der Waals surface area (Å²) in [5.74, 6) is 0.336. The van der Waals surface area contributed by atoms with Gasteiger partial charge >= 0.3 is 0 Å². The highest BCUT2D eigenvalue weighted by atomic mass is 16.5. The second kappa shape index (κ2) is 4.92. The molecule has 14 heavy (non-hydrogen) atoms. The van der Waals surface area contributed by atoms with Gasteiger partial charge in [0.15, 0.2) is 0 Å². The summed E-state index contributed by atoms with van der Waals surface area (Å²) in [4.78, 5) is 4.37. The Kier molecular flexibility index (Phi) is 3.84. The van der Waals surface area contributed by atoms with Gasteiger partial charge in [-0.2, -0.15) is 5.26 Å². The molecule has 1 rings (SSSR count). The van der Waals surface area contributed by atoms with Crippen LogP contribution in [0.4, 0.5) is 0 Å². The lowest BCUT2D eigenvalue weighted by Crippen LogP contribution is -2.16. The number of hydrogen-bond donors (Lipinski definition) is 0. The number of nitrogens with zero attached hydrogens (tertiary/aromatic N) is 2. The van der Waals surface area contributed by atoms with Gasteiger partial charge in [0.25, 0.3) is 0 Å². The lowest BCUT2D eigenvalue weighted by molar-refractivity contribution is 0.223. The van der Waals surface area contributed by atoms with Gasteiger partial charge in [0, 0.05) is 18.7 Å². The summed E-state index contributed by atoms with van der Waals surface area (Å²) in [7, 11) is 1.63. The summed E-state index contributed by atoms with van der Waals surface area (Å²) in [5, 5.41) is 9.04. The highest BCUT2D eigenvalue weighted by Crippen LogP contribution is 2.27. The molecule has 0 aromatic rings. The van der Waals surface area contributed by atoms with Crippen LogP contribution in [0.15, 0.2) is 16.3 Å². The average molecular weight is 192 g/mol. The van der Waals surface area contributed by atoms with E-state index >= 15 is 0 Å². The first-order valence-corrected chi connectivity index (χ1v) is 4.89. The Labute approximate surface area is 85.1 Å². The van der Waals surface area contributed by atoms with Crippen molar-refractivity contribution >= 4 is 5.71 Å². The van der Waals surface area contributed by atoms with E-state index in [1.165, 1.54) is 0 Å². The van der Waals surface area contributed by atoms with Gasteiger partial charge < -0.3 is 4.74 Å². The van der Waals surface area contributed by atoms with Gasteiger partial charge in [-0.3, -0.25) is 4.99 Å². The zero-order valence-electron chi connectivity index (χ0n) is 9.00. The van der Waals surface area contributed by atoms with Crippen molar-refractivity contribution in [3.05, 3.63) is 11.3 Å². The first kappa shape index (κ1) is 10.9. The third-order valence-electron chi connectivity index (χ3n) is 2.48. The average Bonchev–Trinajstić information content (AvgIpc) is 2.17. The van der Waals surface area contributed by atoms with Crippen LogP contribution in [0.25, 0.3) is 0 Å². The molecule has 0 saturated carbocycles. The van der Waals surface area contributed by atoms with E-state index in [1.807, 2.05) is 6.92 Å². The molecule has 1 heterocycles. The van der Waals surface area contributed by atoms with Crippen molar-refractivity contribution in [1.29, 1.82) is 5.26 Å². The van der Waals surface area contributed by atoms with Gasteiger partial charge in [-0.15, -0.1) is 0 Å². The number of aliphatic imine (C=N–C) groups is 1. The van der Waals surface area contributed by atoms with Gasteiger partial charge in [-0.05, 0) is 19.8 Å².